The van der Waals surface area contributed by atoms with Crippen molar-refractivity contribution in [2.24, 2.45) is 0 Å². The molecule has 8 nitrogen and oxygen atoms in total. The highest BCUT2D eigenvalue weighted by Crippen LogP contribution is 2.13. The summed E-state index contributed by atoms with van der Waals surface area (Å²) in [4.78, 5) is 11.4. The van der Waals surface area contributed by atoms with E-state index in [1.54, 1.807) is 20.8 Å². The van der Waals surface area contributed by atoms with Crippen LogP contribution in [0.4, 0.5) is 0 Å². The van der Waals surface area contributed by atoms with Crippen molar-refractivity contribution in [3.05, 3.63) is 0 Å². The van der Waals surface area contributed by atoms with Gasteiger partial charge in [0.25, 0.3) is 0 Å². The fourth-order valence-electron chi connectivity index (χ4n) is 1.23. The maximum absolute atomic E-state index is 11.4. The smallest absolute Gasteiger partial charge is 0.338 e. The monoisotopic (exact) mass is 282 g/mol. The normalized spacial score (nSPS) is 20.3. The summed E-state index contributed by atoms with van der Waals surface area (Å²) >= 11 is 0. The Morgan fingerprint density at radius 3 is 1.84 bits per heavy atom. The number of aliphatic hydroxyl groups is 6. The molecule has 0 aromatic rings. The molecule has 8 heteroatoms. The summed E-state index contributed by atoms with van der Waals surface area (Å²) in [7, 11) is 0. The summed E-state index contributed by atoms with van der Waals surface area (Å²) < 4.78 is 4.78. The van der Waals surface area contributed by atoms with E-state index < -0.39 is 48.7 Å². The van der Waals surface area contributed by atoms with E-state index in [9.17, 15) is 25.2 Å². The second kappa shape index (κ2) is 7.13. The third-order valence-corrected chi connectivity index (χ3v) is 2.25. The van der Waals surface area contributed by atoms with E-state index >= 15 is 0 Å². The van der Waals surface area contributed by atoms with Crippen LogP contribution in [0.5, 0.6) is 0 Å². The van der Waals surface area contributed by atoms with Gasteiger partial charge in [-0.3, -0.25) is 0 Å². The van der Waals surface area contributed by atoms with Crippen LogP contribution >= 0.6 is 0 Å². The van der Waals surface area contributed by atoms with Gasteiger partial charge in [-0.05, 0) is 20.8 Å². The van der Waals surface area contributed by atoms with Gasteiger partial charge >= 0.3 is 5.97 Å². The first-order valence-electron chi connectivity index (χ1n) is 5.75. The summed E-state index contributed by atoms with van der Waals surface area (Å²) in [6.45, 7) is 3.79. The molecule has 0 aromatic heterocycles. The van der Waals surface area contributed by atoms with Crippen LogP contribution in [-0.4, -0.2) is 79.3 Å². The largest absolute Gasteiger partial charge is 0.458 e. The van der Waals surface area contributed by atoms with Crippen molar-refractivity contribution in [1.29, 1.82) is 0 Å². The van der Waals surface area contributed by atoms with Crippen molar-refractivity contribution in [3.8, 4) is 0 Å². The molecule has 0 aliphatic carbocycles. The number of ether oxygens (including phenoxy) is 1. The molecule has 6 N–H and O–H groups in total. The Morgan fingerprint density at radius 2 is 1.47 bits per heavy atom. The molecule has 114 valence electrons. The number of carbonyl (C=O) groups is 1. The molecule has 5 atom stereocenters. The third-order valence-electron chi connectivity index (χ3n) is 2.25. The average molecular weight is 282 g/mol. The minimum Gasteiger partial charge on any atom is -0.458 e. The number of carbonyl (C=O) groups excluding carboxylic acids is 1. The molecule has 0 saturated heterocycles. The van der Waals surface area contributed by atoms with Crippen LogP contribution in [0.3, 0.4) is 0 Å². The summed E-state index contributed by atoms with van der Waals surface area (Å²) in [6, 6.07) is 0. The standard InChI is InChI=1S/C11H22O8/c1-11(2,3)19-10(18)9(17)8(16)7(15)6(14)5(13)4-12/h5-9,12-17H,4H2,1-3H3/t5-,6-,7+,8+,9-/m1/s1. The minimum atomic E-state index is -2.09. The number of hydrogen-bond donors (Lipinski definition) is 6. The lowest BCUT2D eigenvalue weighted by molar-refractivity contribution is -0.183. The van der Waals surface area contributed by atoms with Crippen molar-refractivity contribution >= 4 is 5.97 Å². The van der Waals surface area contributed by atoms with Crippen molar-refractivity contribution in [2.45, 2.75) is 56.9 Å². The molecule has 0 bridgehead atoms. The molecule has 0 aliphatic heterocycles. The van der Waals surface area contributed by atoms with Crippen LogP contribution in [-0.2, 0) is 9.53 Å². The zero-order valence-corrected chi connectivity index (χ0v) is 11.1. The van der Waals surface area contributed by atoms with Crippen LogP contribution in [0, 0.1) is 0 Å². The fourth-order valence-corrected chi connectivity index (χ4v) is 1.23. The molecule has 0 aliphatic rings. The third kappa shape index (κ3) is 5.81. The van der Waals surface area contributed by atoms with Gasteiger partial charge in [-0.1, -0.05) is 0 Å². The molecule has 0 rings (SSSR count). The molecule has 0 radical (unpaired) electrons. The number of rotatable bonds is 6. The number of aliphatic hydroxyl groups excluding tert-OH is 6. The Morgan fingerprint density at radius 1 is 1.00 bits per heavy atom. The first-order valence-corrected chi connectivity index (χ1v) is 5.75. The lowest BCUT2D eigenvalue weighted by atomic mass is 9.99. The van der Waals surface area contributed by atoms with Gasteiger partial charge in [0.1, 0.15) is 30.0 Å². The molecule has 0 unspecified atom stereocenters. The van der Waals surface area contributed by atoms with E-state index in [1.165, 1.54) is 0 Å². The van der Waals surface area contributed by atoms with Crippen LogP contribution < -0.4 is 0 Å². The summed E-state index contributed by atoms with van der Waals surface area (Å²) in [5.41, 5.74) is -0.897. The van der Waals surface area contributed by atoms with Crippen molar-refractivity contribution < 1.29 is 40.2 Å². The molecular formula is C11H22O8. The lowest BCUT2D eigenvalue weighted by Crippen LogP contribution is -2.52. The van der Waals surface area contributed by atoms with E-state index in [0.717, 1.165) is 0 Å². The SMILES string of the molecule is CC(C)(C)OC(=O)[C@H](O)[C@@H](O)[C@@H](O)[C@H](O)[C@H](O)CO. The average Bonchev–Trinajstić information content (AvgIpc) is 2.31. The zero-order valence-electron chi connectivity index (χ0n) is 11.1. The minimum absolute atomic E-state index is 0.854. The Balaban J connectivity index is 4.63. The molecule has 0 aromatic carbocycles. The molecule has 19 heavy (non-hydrogen) atoms. The maximum atomic E-state index is 11.4. The van der Waals surface area contributed by atoms with Gasteiger partial charge in [-0.2, -0.15) is 0 Å². The van der Waals surface area contributed by atoms with Gasteiger partial charge < -0.3 is 35.4 Å². The van der Waals surface area contributed by atoms with Gasteiger partial charge in [-0.25, -0.2) is 4.79 Å². The number of esters is 1. The van der Waals surface area contributed by atoms with E-state index in [-0.39, 0.29) is 0 Å². The Hall–Kier alpha value is -0.770. The zero-order chi connectivity index (χ0) is 15.4. The quantitative estimate of drug-likeness (QED) is 0.285. The van der Waals surface area contributed by atoms with Crippen LogP contribution in [0.25, 0.3) is 0 Å². The van der Waals surface area contributed by atoms with Crippen LogP contribution in [0.1, 0.15) is 20.8 Å². The molecule has 0 amide bonds. The van der Waals surface area contributed by atoms with Crippen molar-refractivity contribution in [3.63, 3.8) is 0 Å². The van der Waals surface area contributed by atoms with Crippen molar-refractivity contribution in [1.82, 2.24) is 0 Å². The molecule has 0 saturated carbocycles. The predicted molar refractivity (Wildman–Crippen MR) is 63.0 cm³/mol. The molecular weight excluding hydrogens is 260 g/mol. The summed E-state index contributed by atoms with van der Waals surface area (Å²) in [6.07, 6.45) is -9.81. The van der Waals surface area contributed by atoms with Crippen molar-refractivity contribution in [2.75, 3.05) is 6.61 Å². The predicted octanol–water partition coefficient (Wildman–Crippen LogP) is -2.88. The Labute approximate surface area is 110 Å². The van der Waals surface area contributed by atoms with Gasteiger partial charge in [-0.15, -0.1) is 0 Å². The molecule has 0 fully saturated rings. The molecule has 0 spiro atoms. The highest BCUT2D eigenvalue weighted by molar-refractivity contribution is 5.75. The van der Waals surface area contributed by atoms with Crippen LogP contribution in [0.2, 0.25) is 0 Å². The second-order valence-corrected chi connectivity index (χ2v) is 5.20. The van der Waals surface area contributed by atoms with E-state index in [2.05, 4.69) is 0 Å². The topological polar surface area (TPSA) is 148 Å². The Bertz CT molecular complexity index is 287. The van der Waals surface area contributed by atoms with Gasteiger partial charge in [0.2, 0.25) is 0 Å². The first-order chi connectivity index (χ1) is 8.51. The summed E-state index contributed by atoms with van der Waals surface area (Å²) in [5.74, 6) is -1.18. The van der Waals surface area contributed by atoms with Gasteiger partial charge in [0, 0.05) is 0 Å². The van der Waals surface area contributed by atoms with Crippen LogP contribution in [0.15, 0.2) is 0 Å². The van der Waals surface area contributed by atoms with E-state index in [1.807, 2.05) is 0 Å². The Kier molecular flexibility index (Phi) is 6.84. The lowest BCUT2D eigenvalue weighted by Gasteiger charge is -2.29. The van der Waals surface area contributed by atoms with E-state index in [4.69, 9.17) is 14.9 Å². The maximum Gasteiger partial charge on any atom is 0.338 e. The first kappa shape index (κ1) is 18.2. The van der Waals surface area contributed by atoms with Gasteiger partial charge in [0.15, 0.2) is 6.10 Å². The number of hydrogen-bond acceptors (Lipinski definition) is 8. The molecule has 0 heterocycles. The summed E-state index contributed by atoms with van der Waals surface area (Å²) in [5, 5.41) is 55.5. The fraction of sp³-hybridized carbons (Fsp3) is 0.909. The van der Waals surface area contributed by atoms with E-state index in [0.29, 0.717) is 0 Å². The highest BCUT2D eigenvalue weighted by atomic mass is 16.6. The second-order valence-electron chi connectivity index (χ2n) is 5.20. The highest BCUT2D eigenvalue weighted by Gasteiger charge is 2.38. The van der Waals surface area contributed by atoms with Gasteiger partial charge in [0.05, 0.1) is 6.61 Å².